The molecule has 2 aliphatic rings. The van der Waals surface area contributed by atoms with E-state index in [0.717, 1.165) is 0 Å². The number of halogens is 2. The normalized spacial score (nSPS) is 18.9. The molecule has 0 spiro atoms. The van der Waals surface area contributed by atoms with Gasteiger partial charge in [0.05, 0.1) is 0 Å². The van der Waals surface area contributed by atoms with E-state index in [1.165, 1.54) is 25.7 Å². The Balaban J connectivity index is 0.00000220. The van der Waals surface area contributed by atoms with Gasteiger partial charge in [-0.25, -0.2) is 0 Å². The first-order valence-corrected chi connectivity index (χ1v) is 16.8. The molecule has 0 aliphatic heterocycles. The Labute approximate surface area is 160 Å². The molecule has 0 aromatic heterocycles. The van der Waals surface area contributed by atoms with Crippen molar-refractivity contribution in [3.63, 3.8) is 0 Å². The second-order valence-corrected chi connectivity index (χ2v) is 26.5. The summed E-state index contributed by atoms with van der Waals surface area (Å²) in [6, 6.07) is 0. The summed E-state index contributed by atoms with van der Waals surface area (Å²) < 4.78 is 3.70. The fraction of sp³-hybridized carbons (Fsp3) is 0.556. The van der Waals surface area contributed by atoms with Crippen molar-refractivity contribution in [2.75, 3.05) is 0 Å². The number of hydrogen-bond acceptors (Lipinski definition) is 0. The third-order valence-electron chi connectivity index (χ3n) is 5.55. The molecule has 0 heterocycles. The van der Waals surface area contributed by atoms with Gasteiger partial charge >= 0.3 is 128 Å². The molecular weight excluding hydrogens is 452 g/mol. The first kappa shape index (κ1) is 22.9. The van der Waals surface area contributed by atoms with Crippen LogP contribution < -0.4 is 0 Å². The van der Waals surface area contributed by atoms with Crippen molar-refractivity contribution >= 4 is 41.6 Å². The molecule has 0 saturated heterocycles. The quantitative estimate of drug-likeness (QED) is 0.400. The van der Waals surface area contributed by atoms with E-state index in [-0.39, 0.29) is 34.0 Å². The standard InChI is InChI=1S/2C8H11.2CH3.2BrH.H2Si.Ti/c2*1-3-8-6-4-5-7(8)2;;;;;;/h2*5H,3-4H2,1-2H3;2*1H3;2*1H;1H2;. The summed E-state index contributed by atoms with van der Waals surface area (Å²) in [4.78, 5) is 0. The molecule has 0 atom stereocenters. The van der Waals surface area contributed by atoms with Crippen molar-refractivity contribution in [3.05, 3.63) is 42.2 Å². The molecule has 0 aromatic rings. The van der Waals surface area contributed by atoms with Crippen molar-refractivity contribution in [2.45, 2.75) is 63.8 Å². The van der Waals surface area contributed by atoms with Crippen LogP contribution in [0.1, 0.15) is 53.4 Å². The SMILES string of the molecule is Br.Br.CCC1=[C]([Ti]([CH3])([CH3])(=[SiH2])[C]2=C(CC)C(C)=CC2)CC=C1C. The maximum atomic E-state index is 2.66. The minimum atomic E-state index is -2.68. The van der Waals surface area contributed by atoms with E-state index in [0.29, 0.717) is 0 Å². The minimum absolute atomic E-state index is 0. The fourth-order valence-corrected chi connectivity index (χ4v) is 14.3. The van der Waals surface area contributed by atoms with Gasteiger partial charge in [0.25, 0.3) is 0 Å². The van der Waals surface area contributed by atoms with E-state index < -0.39 is 14.0 Å². The Morgan fingerprint density at radius 3 is 1.45 bits per heavy atom. The van der Waals surface area contributed by atoms with Crippen LogP contribution in [0.5, 0.6) is 0 Å². The van der Waals surface area contributed by atoms with Crippen LogP contribution in [-0.2, 0) is 14.0 Å². The van der Waals surface area contributed by atoms with Crippen molar-refractivity contribution in [3.8, 4) is 0 Å². The van der Waals surface area contributed by atoms with Gasteiger partial charge in [0.1, 0.15) is 0 Å². The maximum absolute atomic E-state index is 2.68. The molecule has 2 aliphatic carbocycles. The van der Waals surface area contributed by atoms with Gasteiger partial charge in [0, 0.05) is 0 Å². The molecule has 0 fully saturated rings. The average Bonchev–Trinajstić information content (AvgIpc) is 2.92. The molecule has 0 aromatic carbocycles. The predicted molar refractivity (Wildman–Crippen MR) is 112 cm³/mol. The Hall–Kier alpha value is 0.851. The van der Waals surface area contributed by atoms with Crippen LogP contribution in [0.4, 0.5) is 0 Å². The van der Waals surface area contributed by atoms with Crippen molar-refractivity contribution < 1.29 is 14.0 Å². The third-order valence-corrected chi connectivity index (χ3v) is 16.7. The fourth-order valence-electron chi connectivity index (χ4n) is 4.27. The number of allylic oxidation sites excluding steroid dienone is 8. The summed E-state index contributed by atoms with van der Waals surface area (Å²) in [6.07, 6.45) is 9.81. The van der Waals surface area contributed by atoms with Crippen LogP contribution in [0.3, 0.4) is 0 Å². The van der Waals surface area contributed by atoms with E-state index in [1.54, 1.807) is 22.3 Å². The first-order valence-electron chi connectivity index (χ1n) is 8.08. The molecule has 0 N–H and O–H groups in total. The first-order chi connectivity index (χ1) is 9.21. The molecule has 22 heavy (non-hydrogen) atoms. The molecule has 0 unspecified atom stereocenters. The van der Waals surface area contributed by atoms with Crippen LogP contribution in [0.15, 0.2) is 42.2 Å². The molecular formula is C18H32Br2SiTi. The molecule has 0 saturated carbocycles. The van der Waals surface area contributed by atoms with Crippen LogP contribution in [-0.4, -0.2) is 7.63 Å². The molecule has 126 valence electrons. The summed E-state index contributed by atoms with van der Waals surface area (Å²) in [5.74, 6) is 0. The van der Waals surface area contributed by atoms with Crippen LogP contribution >= 0.6 is 34.0 Å². The Morgan fingerprint density at radius 2 is 1.18 bits per heavy atom. The average molecular weight is 484 g/mol. The Bertz CT molecular complexity index is 592. The third kappa shape index (κ3) is 3.74. The summed E-state index contributed by atoms with van der Waals surface area (Å²) in [5.41, 5.74) is 6.48. The van der Waals surface area contributed by atoms with Crippen molar-refractivity contribution in [1.82, 2.24) is 0 Å². The second kappa shape index (κ2) is 7.82. The number of rotatable bonds is 4. The topological polar surface area (TPSA) is 0 Å². The molecule has 0 nitrogen and oxygen atoms in total. The molecule has 4 heteroatoms. The van der Waals surface area contributed by atoms with E-state index in [4.69, 9.17) is 0 Å². The zero-order valence-electron chi connectivity index (χ0n) is 15.0. The zero-order chi connectivity index (χ0) is 15.2. The van der Waals surface area contributed by atoms with Crippen LogP contribution in [0, 0.1) is 0 Å². The number of hydrogen-bond donors (Lipinski definition) is 0. The molecule has 0 amide bonds. The van der Waals surface area contributed by atoms with Crippen LogP contribution in [0.2, 0.25) is 10.5 Å². The van der Waals surface area contributed by atoms with Gasteiger partial charge in [0.2, 0.25) is 0 Å². The molecule has 0 radical (unpaired) electrons. The summed E-state index contributed by atoms with van der Waals surface area (Å²) >= 11 is -2.68. The Morgan fingerprint density at radius 1 is 0.864 bits per heavy atom. The van der Waals surface area contributed by atoms with Gasteiger partial charge in [-0.2, -0.15) is 0 Å². The van der Waals surface area contributed by atoms with Gasteiger partial charge in [-0.3, -0.25) is 0 Å². The van der Waals surface area contributed by atoms with Gasteiger partial charge < -0.3 is 0 Å². The summed E-state index contributed by atoms with van der Waals surface area (Å²) in [6.45, 7) is 9.28. The summed E-state index contributed by atoms with van der Waals surface area (Å²) in [7, 11) is 2.39. The van der Waals surface area contributed by atoms with Crippen molar-refractivity contribution in [1.29, 1.82) is 0 Å². The van der Waals surface area contributed by atoms with Gasteiger partial charge in [-0.15, -0.1) is 34.0 Å². The summed E-state index contributed by atoms with van der Waals surface area (Å²) in [5, 5.41) is 5.31. The van der Waals surface area contributed by atoms with Crippen molar-refractivity contribution in [2.24, 2.45) is 0 Å². The Kier molecular flexibility index (Phi) is 8.12. The predicted octanol–water partition coefficient (Wildman–Crippen LogP) is 6.50. The van der Waals surface area contributed by atoms with Gasteiger partial charge in [-0.1, -0.05) is 0 Å². The zero-order valence-corrected chi connectivity index (χ0v) is 21.4. The van der Waals surface area contributed by atoms with E-state index in [1.807, 2.05) is 7.76 Å². The second-order valence-electron chi connectivity index (χ2n) is 7.49. The van der Waals surface area contributed by atoms with E-state index >= 15 is 0 Å². The van der Waals surface area contributed by atoms with E-state index in [2.05, 4.69) is 57.9 Å². The molecule has 0 bridgehead atoms. The van der Waals surface area contributed by atoms with E-state index in [9.17, 15) is 0 Å². The molecule has 2 rings (SSSR count). The van der Waals surface area contributed by atoms with Crippen LogP contribution in [0.25, 0.3) is 0 Å². The van der Waals surface area contributed by atoms with Gasteiger partial charge in [0.15, 0.2) is 0 Å². The monoisotopic (exact) mass is 482 g/mol. The van der Waals surface area contributed by atoms with Gasteiger partial charge in [-0.05, 0) is 0 Å².